The van der Waals surface area contributed by atoms with Crippen LogP contribution in [0.25, 0.3) is 10.7 Å². The summed E-state index contributed by atoms with van der Waals surface area (Å²) >= 11 is 2.77. The molecule has 158 valence electrons. The highest BCUT2D eigenvalue weighted by atomic mass is 32.2. The summed E-state index contributed by atoms with van der Waals surface area (Å²) in [6, 6.07) is 19.0. The number of nitrogens with one attached hydrogen (secondary N) is 1. The van der Waals surface area contributed by atoms with Crippen LogP contribution in [0.1, 0.15) is 16.4 Å². The Kier molecular flexibility index (Phi) is 6.24. The zero-order chi connectivity index (χ0) is 21.8. The van der Waals surface area contributed by atoms with Gasteiger partial charge in [-0.15, -0.1) is 21.5 Å². The van der Waals surface area contributed by atoms with E-state index in [1.165, 1.54) is 27.8 Å². The molecule has 0 unspecified atom stereocenters. The van der Waals surface area contributed by atoms with Crippen LogP contribution < -0.4 is 15.9 Å². The van der Waals surface area contributed by atoms with E-state index in [9.17, 15) is 4.79 Å². The first-order chi connectivity index (χ1) is 15.1. The number of nitrogens with zero attached hydrogens (tertiary/aromatic N) is 3. The number of benzene rings is 2. The first kappa shape index (κ1) is 21.0. The van der Waals surface area contributed by atoms with Crippen molar-refractivity contribution in [1.29, 1.82) is 0 Å². The topological polar surface area (TPSA) is 95.1 Å². The smallest absolute Gasteiger partial charge is 0.242 e. The molecule has 9 heteroatoms. The second kappa shape index (κ2) is 9.23. The van der Waals surface area contributed by atoms with E-state index in [1.54, 1.807) is 7.11 Å². The molecule has 0 aliphatic carbocycles. The van der Waals surface area contributed by atoms with E-state index >= 15 is 0 Å². The van der Waals surface area contributed by atoms with Crippen molar-refractivity contribution in [1.82, 2.24) is 14.9 Å². The molecule has 4 aromatic rings. The predicted molar refractivity (Wildman–Crippen MR) is 125 cm³/mol. The minimum absolute atomic E-state index is 0.208. The normalized spacial score (nSPS) is 11.8. The molecule has 0 saturated heterocycles. The number of nitrogen functional groups attached to an aromatic ring is 1. The van der Waals surface area contributed by atoms with Crippen LogP contribution in [0.4, 0.5) is 5.69 Å². The summed E-state index contributed by atoms with van der Waals surface area (Å²) in [7, 11) is 1.58. The molecule has 7 nitrogen and oxygen atoms in total. The maximum Gasteiger partial charge on any atom is 0.242 e. The molecule has 1 amide bonds. The summed E-state index contributed by atoms with van der Waals surface area (Å²) in [5.41, 5.74) is 2.46. The van der Waals surface area contributed by atoms with Gasteiger partial charge in [0, 0.05) is 0 Å². The highest BCUT2D eigenvalue weighted by molar-refractivity contribution is 8.00. The quantitative estimate of drug-likeness (QED) is 0.317. The van der Waals surface area contributed by atoms with Gasteiger partial charge in [-0.25, -0.2) is 4.68 Å². The lowest BCUT2D eigenvalue weighted by atomic mass is 10.1. The van der Waals surface area contributed by atoms with Gasteiger partial charge in [0.2, 0.25) is 11.1 Å². The van der Waals surface area contributed by atoms with Crippen molar-refractivity contribution in [3.63, 3.8) is 0 Å². The van der Waals surface area contributed by atoms with E-state index in [0.717, 1.165) is 16.0 Å². The van der Waals surface area contributed by atoms with Crippen LogP contribution >= 0.6 is 23.1 Å². The molecule has 0 spiro atoms. The molecule has 0 aliphatic rings. The fourth-order valence-electron chi connectivity index (χ4n) is 3.06. The van der Waals surface area contributed by atoms with Crippen LogP contribution in [0.5, 0.6) is 5.75 Å². The van der Waals surface area contributed by atoms with Gasteiger partial charge in [0.15, 0.2) is 5.82 Å². The number of methoxy groups -OCH3 is 1. The number of aryl methyl sites for hydroxylation is 1. The molecular weight excluding hydrogens is 430 g/mol. The van der Waals surface area contributed by atoms with Crippen LogP contribution in [-0.2, 0) is 4.79 Å². The Morgan fingerprint density at radius 1 is 1.16 bits per heavy atom. The van der Waals surface area contributed by atoms with Crippen LogP contribution in [0.15, 0.2) is 71.2 Å². The van der Waals surface area contributed by atoms with Gasteiger partial charge in [-0.2, -0.15) is 0 Å². The largest absolute Gasteiger partial charge is 0.495 e. The number of anilines is 1. The predicted octanol–water partition coefficient (Wildman–Crippen LogP) is 4.51. The molecule has 2 aromatic heterocycles. The van der Waals surface area contributed by atoms with Crippen LogP contribution in [0.3, 0.4) is 0 Å². The molecule has 1 atom stereocenters. The van der Waals surface area contributed by atoms with Gasteiger partial charge in [-0.1, -0.05) is 54.2 Å². The Hall–Kier alpha value is -3.30. The Balaban J connectivity index is 1.65. The number of aromatic nitrogens is 3. The van der Waals surface area contributed by atoms with E-state index in [1.807, 2.05) is 73.0 Å². The average molecular weight is 452 g/mol. The number of nitrogens with two attached hydrogens (primary N) is 1. The van der Waals surface area contributed by atoms with E-state index in [4.69, 9.17) is 10.6 Å². The van der Waals surface area contributed by atoms with Gasteiger partial charge in [-0.05, 0) is 41.6 Å². The van der Waals surface area contributed by atoms with E-state index in [2.05, 4.69) is 15.5 Å². The minimum atomic E-state index is -0.589. The Bertz CT molecular complexity index is 1180. The molecule has 0 aliphatic heterocycles. The summed E-state index contributed by atoms with van der Waals surface area (Å²) in [5, 5.41) is 13.2. The Morgan fingerprint density at radius 3 is 2.68 bits per heavy atom. The van der Waals surface area contributed by atoms with Crippen LogP contribution in [0.2, 0.25) is 0 Å². The number of thiophene rings is 1. The molecule has 2 heterocycles. The van der Waals surface area contributed by atoms with Crippen molar-refractivity contribution in [3.8, 4) is 16.5 Å². The SMILES string of the molecule is COc1ccc(C)cc1NC(=O)[C@@H](Sc1nnc(-c2cccs2)n1N)c1ccccc1. The number of carbonyl (C=O) groups is 1. The van der Waals surface area contributed by atoms with E-state index in [0.29, 0.717) is 22.4 Å². The molecule has 0 fully saturated rings. The number of hydrogen-bond donors (Lipinski definition) is 2. The maximum atomic E-state index is 13.4. The zero-order valence-corrected chi connectivity index (χ0v) is 18.6. The first-order valence-electron chi connectivity index (χ1n) is 9.48. The van der Waals surface area contributed by atoms with Crippen molar-refractivity contribution in [3.05, 3.63) is 77.2 Å². The summed E-state index contributed by atoms with van der Waals surface area (Å²) in [5.74, 6) is 7.21. The fourth-order valence-corrected chi connectivity index (χ4v) is 4.72. The third kappa shape index (κ3) is 4.57. The van der Waals surface area contributed by atoms with Gasteiger partial charge >= 0.3 is 0 Å². The van der Waals surface area contributed by atoms with Crippen molar-refractivity contribution in [2.45, 2.75) is 17.3 Å². The van der Waals surface area contributed by atoms with Gasteiger partial charge in [0.1, 0.15) is 11.0 Å². The highest BCUT2D eigenvalue weighted by Crippen LogP contribution is 2.37. The van der Waals surface area contributed by atoms with Gasteiger partial charge < -0.3 is 15.9 Å². The molecule has 0 bridgehead atoms. The lowest BCUT2D eigenvalue weighted by molar-refractivity contribution is -0.115. The average Bonchev–Trinajstić information content (AvgIpc) is 3.42. The van der Waals surface area contributed by atoms with Gasteiger partial charge in [0.25, 0.3) is 0 Å². The molecular formula is C22H21N5O2S2. The van der Waals surface area contributed by atoms with Crippen molar-refractivity contribution >= 4 is 34.7 Å². The fraction of sp³-hybridized carbons (Fsp3) is 0.136. The first-order valence-corrected chi connectivity index (χ1v) is 11.2. The highest BCUT2D eigenvalue weighted by Gasteiger charge is 2.26. The maximum absolute atomic E-state index is 13.4. The number of carbonyl (C=O) groups excluding carboxylic acids is 1. The van der Waals surface area contributed by atoms with Crippen LogP contribution in [-0.4, -0.2) is 27.9 Å². The second-order valence-electron chi connectivity index (χ2n) is 6.76. The zero-order valence-electron chi connectivity index (χ0n) is 17.0. The summed E-state index contributed by atoms with van der Waals surface area (Å²) in [4.78, 5) is 14.3. The Morgan fingerprint density at radius 2 is 1.97 bits per heavy atom. The number of rotatable bonds is 7. The molecule has 4 rings (SSSR count). The lowest BCUT2D eigenvalue weighted by Gasteiger charge is -2.18. The summed E-state index contributed by atoms with van der Waals surface area (Å²) in [6.45, 7) is 1.96. The van der Waals surface area contributed by atoms with Crippen LogP contribution in [0, 0.1) is 6.92 Å². The summed E-state index contributed by atoms with van der Waals surface area (Å²) in [6.07, 6.45) is 0. The lowest BCUT2D eigenvalue weighted by Crippen LogP contribution is -2.21. The number of amides is 1. The Labute approximate surface area is 188 Å². The summed E-state index contributed by atoms with van der Waals surface area (Å²) < 4.78 is 6.83. The van der Waals surface area contributed by atoms with E-state index < -0.39 is 5.25 Å². The van der Waals surface area contributed by atoms with Crippen molar-refractivity contribution in [2.75, 3.05) is 18.3 Å². The standard InChI is InChI=1S/C22H21N5O2S2/c1-14-10-11-17(29-2)16(13-14)24-21(28)19(15-7-4-3-5-8-15)31-22-26-25-20(27(22)23)18-9-6-12-30-18/h3-13,19H,23H2,1-2H3,(H,24,28)/t19-/m0/s1. The van der Waals surface area contributed by atoms with Gasteiger partial charge in [-0.3, -0.25) is 4.79 Å². The van der Waals surface area contributed by atoms with E-state index in [-0.39, 0.29) is 5.91 Å². The third-order valence-electron chi connectivity index (χ3n) is 4.58. The molecule has 0 radical (unpaired) electrons. The minimum Gasteiger partial charge on any atom is -0.495 e. The van der Waals surface area contributed by atoms with Crippen molar-refractivity contribution in [2.24, 2.45) is 0 Å². The number of ether oxygens (including phenoxy) is 1. The monoisotopic (exact) mass is 451 g/mol. The molecule has 2 aromatic carbocycles. The third-order valence-corrected chi connectivity index (χ3v) is 6.66. The molecule has 0 saturated carbocycles. The number of hydrogen-bond acceptors (Lipinski definition) is 7. The van der Waals surface area contributed by atoms with Crippen molar-refractivity contribution < 1.29 is 9.53 Å². The molecule has 31 heavy (non-hydrogen) atoms. The molecule has 3 N–H and O–H groups in total. The van der Waals surface area contributed by atoms with Gasteiger partial charge in [0.05, 0.1) is 17.7 Å². The number of thioether (sulfide) groups is 1. The second-order valence-corrected chi connectivity index (χ2v) is 8.77.